The topological polar surface area (TPSA) is 55.4 Å². The molecule has 0 fully saturated rings. The minimum atomic E-state index is -0.568. The molecule has 86 valence electrons. The lowest BCUT2D eigenvalue weighted by molar-refractivity contribution is -0.136. The van der Waals surface area contributed by atoms with Crippen molar-refractivity contribution in [3.63, 3.8) is 0 Å². The molecular weight excluding hydrogens is 194 g/mol. The van der Waals surface area contributed by atoms with Crippen LogP contribution in [0.5, 0.6) is 0 Å². The van der Waals surface area contributed by atoms with Gasteiger partial charge in [-0.2, -0.15) is 0 Å². The van der Waals surface area contributed by atoms with Gasteiger partial charge in [-0.15, -0.1) is 0 Å². The Labute approximate surface area is 91.0 Å². The maximum atomic E-state index is 11.0. The van der Waals surface area contributed by atoms with Crippen LogP contribution in [0.4, 0.5) is 0 Å². The SMILES string of the molecule is C=C/C(=C\C(=O)NCC)C(=O)OC.CC. The Morgan fingerprint density at radius 1 is 1.40 bits per heavy atom. The summed E-state index contributed by atoms with van der Waals surface area (Å²) in [6.45, 7) is 9.70. The van der Waals surface area contributed by atoms with Crippen molar-refractivity contribution in [1.82, 2.24) is 5.32 Å². The van der Waals surface area contributed by atoms with Crippen LogP contribution in [0.1, 0.15) is 20.8 Å². The van der Waals surface area contributed by atoms with Crippen molar-refractivity contribution in [2.45, 2.75) is 20.8 Å². The smallest absolute Gasteiger partial charge is 0.338 e. The minimum absolute atomic E-state index is 0.147. The number of methoxy groups -OCH3 is 1. The number of carbonyl (C=O) groups is 2. The molecule has 0 aliphatic heterocycles. The zero-order chi connectivity index (χ0) is 12.3. The van der Waals surface area contributed by atoms with Crippen LogP contribution in [-0.2, 0) is 14.3 Å². The summed E-state index contributed by atoms with van der Waals surface area (Å²) >= 11 is 0. The Bertz CT molecular complexity index is 244. The number of likely N-dealkylation sites (N-methyl/N-ethyl adjacent to an activating group) is 1. The lowest BCUT2D eigenvalue weighted by Gasteiger charge is -1.99. The van der Waals surface area contributed by atoms with E-state index in [1.165, 1.54) is 13.2 Å². The molecular formula is C11H19NO3. The normalized spacial score (nSPS) is 9.47. The number of esters is 1. The third-order valence-corrected chi connectivity index (χ3v) is 1.28. The van der Waals surface area contributed by atoms with Crippen molar-refractivity contribution >= 4 is 11.9 Å². The fourth-order valence-corrected chi connectivity index (χ4v) is 0.686. The summed E-state index contributed by atoms with van der Waals surface area (Å²) in [6.07, 6.45) is 2.43. The number of ether oxygens (including phenoxy) is 1. The quantitative estimate of drug-likeness (QED) is 0.436. The molecule has 0 heterocycles. The van der Waals surface area contributed by atoms with E-state index in [0.29, 0.717) is 6.54 Å². The van der Waals surface area contributed by atoms with Gasteiger partial charge >= 0.3 is 5.97 Å². The maximum Gasteiger partial charge on any atom is 0.338 e. The zero-order valence-corrected chi connectivity index (χ0v) is 9.79. The maximum absolute atomic E-state index is 11.0. The second kappa shape index (κ2) is 10.5. The number of amides is 1. The van der Waals surface area contributed by atoms with Crippen molar-refractivity contribution in [2.24, 2.45) is 0 Å². The second-order valence-electron chi connectivity index (χ2n) is 2.19. The first-order chi connectivity index (χ1) is 7.15. The Hall–Kier alpha value is -1.58. The molecule has 0 aliphatic carbocycles. The standard InChI is InChI=1S/C9H13NO3.C2H6/c1-4-7(9(12)13-3)6-8(11)10-5-2;1-2/h4,6H,1,5H2,2-3H3,(H,10,11);1-2H3/b7-6+;. The third kappa shape index (κ3) is 7.49. The molecule has 0 atom stereocenters. The van der Waals surface area contributed by atoms with Gasteiger partial charge in [0.2, 0.25) is 5.91 Å². The van der Waals surface area contributed by atoms with Gasteiger partial charge in [-0.05, 0) is 6.92 Å². The molecule has 0 aromatic heterocycles. The number of hydrogen-bond donors (Lipinski definition) is 1. The molecule has 0 saturated carbocycles. The number of hydrogen-bond acceptors (Lipinski definition) is 3. The fourth-order valence-electron chi connectivity index (χ4n) is 0.686. The fraction of sp³-hybridized carbons (Fsp3) is 0.455. The van der Waals surface area contributed by atoms with Crippen LogP contribution < -0.4 is 5.32 Å². The Kier molecular flexibility index (Phi) is 11.1. The van der Waals surface area contributed by atoms with Gasteiger partial charge in [-0.25, -0.2) is 4.79 Å². The van der Waals surface area contributed by atoms with E-state index >= 15 is 0 Å². The number of carbonyl (C=O) groups excluding carboxylic acids is 2. The average Bonchev–Trinajstić information content (AvgIpc) is 2.28. The Balaban J connectivity index is 0. The first-order valence-corrected chi connectivity index (χ1v) is 4.86. The third-order valence-electron chi connectivity index (χ3n) is 1.28. The van der Waals surface area contributed by atoms with Gasteiger partial charge in [0, 0.05) is 12.6 Å². The lowest BCUT2D eigenvalue weighted by Crippen LogP contribution is -2.21. The summed E-state index contributed by atoms with van der Waals surface area (Å²) in [5.74, 6) is -0.899. The van der Waals surface area contributed by atoms with Crippen LogP contribution >= 0.6 is 0 Å². The first kappa shape index (κ1) is 15.9. The van der Waals surface area contributed by atoms with Crippen LogP contribution in [0.2, 0.25) is 0 Å². The largest absolute Gasteiger partial charge is 0.465 e. The summed E-state index contributed by atoms with van der Waals surface area (Å²) < 4.78 is 4.42. The molecule has 0 aromatic carbocycles. The summed E-state index contributed by atoms with van der Waals surface area (Å²) in [5, 5.41) is 2.52. The van der Waals surface area contributed by atoms with E-state index in [2.05, 4.69) is 16.6 Å². The molecule has 0 radical (unpaired) electrons. The monoisotopic (exact) mass is 213 g/mol. The van der Waals surface area contributed by atoms with E-state index in [4.69, 9.17) is 0 Å². The Morgan fingerprint density at radius 2 is 1.93 bits per heavy atom. The van der Waals surface area contributed by atoms with Gasteiger partial charge in [0.15, 0.2) is 0 Å². The summed E-state index contributed by atoms with van der Waals surface area (Å²) in [7, 11) is 1.25. The van der Waals surface area contributed by atoms with Gasteiger partial charge in [-0.1, -0.05) is 26.5 Å². The van der Waals surface area contributed by atoms with E-state index in [9.17, 15) is 9.59 Å². The predicted molar refractivity (Wildman–Crippen MR) is 60.3 cm³/mol. The van der Waals surface area contributed by atoms with Crippen molar-refractivity contribution in [3.8, 4) is 0 Å². The van der Waals surface area contributed by atoms with Crippen LogP contribution in [0.15, 0.2) is 24.3 Å². The second-order valence-corrected chi connectivity index (χ2v) is 2.19. The van der Waals surface area contributed by atoms with Gasteiger partial charge in [0.25, 0.3) is 0 Å². The molecule has 0 saturated heterocycles. The minimum Gasteiger partial charge on any atom is -0.465 e. The molecule has 0 aromatic rings. The number of rotatable bonds is 4. The first-order valence-electron chi connectivity index (χ1n) is 4.86. The van der Waals surface area contributed by atoms with Gasteiger partial charge in [0.05, 0.1) is 12.7 Å². The van der Waals surface area contributed by atoms with Crippen LogP contribution in [0.3, 0.4) is 0 Å². The molecule has 0 rings (SSSR count). The van der Waals surface area contributed by atoms with Gasteiger partial charge in [0.1, 0.15) is 0 Å². The highest BCUT2D eigenvalue weighted by Gasteiger charge is 2.06. The van der Waals surface area contributed by atoms with E-state index < -0.39 is 5.97 Å². The van der Waals surface area contributed by atoms with Crippen molar-refractivity contribution in [2.75, 3.05) is 13.7 Å². The highest BCUT2D eigenvalue weighted by Crippen LogP contribution is 1.97. The molecule has 4 nitrogen and oxygen atoms in total. The zero-order valence-electron chi connectivity index (χ0n) is 9.79. The summed E-state index contributed by atoms with van der Waals surface area (Å²) in [5.41, 5.74) is 0.147. The molecule has 0 unspecified atom stereocenters. The molecule has 15 heavy (non-hydrogen) atoms. The highest BCUT2D eigenvalue weighted by atomic mass is 16.5. The Morgan fingerprint density at radius 3 is 2.27 bits per heavy atom. The molecule has 1 N–H and O–H groups in total. The highest BCUT2D eigenvalue weighted by molar-refractivity contribution is 6.00. The van der Waals surface area contributed by atoms with E-state index in [0.717, 1.165) is 6.08 Å². The molecule has 4 heteroatoms. The average molecular weight is 213 g/mol. The molecule has 0 bridgehead atoms. The van der Waals surface area contributed by atoms with E-state index in [1.807, 2.05) is 13.8 Å². The van der Waals surface area contributed by atoms with Gasteiger partial charge in [-0.3, -0.25) is 4.79 Å². The van der Waals surface area contributed by atoms with E-state index in [-0.39, 0.29) is 11.5 Å². The summed E-state index contributed by atoms with van der Waals surface area (Å²) in [6, 6.07) is 0. The lowest BCUT2D eigenvalue weighted by atomic mass is 10.2. The summed E-state index contributed by atoms with van der Waals surface area (Å²) in [4.78, 5) is 21.9. The van der Waals surface area contributed by atoms with Crippen LogP contribution in [0.25, 0.3) is 0 Å². The molecule has 1 amide bonds. The van der Waals surface area contributed by atoms with E-state index in [1.54, 1.807) is 6.92 Å². The predicted octanol–water partition coefficient (Wildman–Crippen LogP) is 1.43. The molecule has 0 aliphatic rings. The molecule has 0 spiro atoms. The van der Waals surface area contributed by atoms with Crippen LogP contribution in [-0.4, -0.2) is 25.5 Å². The number of nitrogens with one attached hydrogen (secondary N) is 1. The van der Waals surface area contributed by atoms with Crippen molar-refractivity contribution < 1.29 is 14.3 Å². The van der Waals surface area contributed by atoms with Crippen molar-refractivity contribution in [3.05, 3.63) is 24.3 Å². The van der Waals surface area contributed by atoms with Gasteiger partial charge < -0.3 is 10.1 Å². The van der Waals surface area contributed by atoms with Crippen LogP contribution in [0, 0.1) is 0 Å². The van der Waals surface area contributed by atoms with Crippen molar-refractivity contribution in [1.29, 1.82) is 0 Å².